The Labute approximate surface area is 205 Å². The SMILES string of the molecule is COc1ccc(OC)c(C2Oc3ccc(Cl)cc3C3=C2C(c2ccccc2F)n2ncnc2N3)c1. The molecule has 2 aliphatic heterocycles. The minimum Gasteiger partial charge on any atom is -0.497 e. The van der Waals surface area contributed by atoms with Crippen molar-refractivity contribution in [2.75, 3.05) is 19.5 Å². The van der Waals surface area contributed by atoms with Crippen LogP contribution in [0.5, 0.6) is 17.2 Å². The smallest absolute Gasteiger partial charge is 0.226 e. The van der Waals surface area contributed by atoms with Crippen molar-refractivity contribution in [3.63, 3.8) is 0 Å². The van der Waals surface area contributed by atoms with E-state index in [1.807, 2.05) is 30.3 Å². The van der Waals surface area contributed by atoms with Crippen LogP contribution >= 0.6 is 11.6 Å². The first kappa shape index (κ1) is 21.5. The van der Waals surface area contributed by atoms with Crippen molar-refractivity contribution in [1.82, 2.24) is 14.8 Å². The van der Waals surface area contributed by atoms with Crippen LogP contribution in [0.4, 0.5) is 10.3 Å². The summed E-state index contributed by atoms with van der Waals surface area (Å²) in [6.07, 6.45) is 0.786. The summed E-state index contributed by atoms with van der Waals surface area (Å²) in [5.41, 5.74) is 3.40. The Morgan fingerprint density at radius 2 is 1.89 bits per heavy atom. The molecule has 0 aliphatic carbocycles. The second-order valence-corrected chi connectivity index (χ2v) is 8.59. The Bertz CT molecular complexity index is 1490. The van der Waals surface area contributed by atoms with Crippen LogP contribution in [0.2, 0.25) is 5.02 Å². The molecular weight excluding hydrogens is 471 g/mol. The molecule has 0 spiro atoms. The third-order valence-corrected chi connectivity index (χ3v) is 6.53. The molecule has 3 heterocycles. The average Bonchev–Trinajstić information content (AvgIpc) is 3.35. The number of fused-ring (bicyclic) bond motifs is 3. The molecule has 6 rings (SSSR count). The summed E-state index contributed by atoms with van der Waals surface area (Å²) in [5.74, 6) is 2.00. The highest BCUT2D eigenvalue weighted by molar-refractivity contribution is 6.30. The summed E-state index contributed by atoms with van der Waals surface area (Å²) >= 11 is 6.37. The van der Waals surface area contributed by atoms with Gasteiger partial charge in [-0.25, -0.2) is 9.07 Å². The summed E-state index contributed by atoms with van der Waals surface area (Å²) in [4.78, 5) is 4.37. The van der Waals surface area contributed by atoms with Gasteiger partial charge in [-0.1, -0.05) is 29.8 Å². The van der Waals surface area contributed by atoms with E-state index in [2.05, 4.69) is 15.4 Å². The van der Waals surface area contributed by atoms with Crippen LogP contribution in [0, 0.1) is 5.82 Å². The van der Waals surface area contributed by atoms with Crippen LogP contribution in [0.15, 0.2) is 72.6 Å². The molecule has 1 N–H and O–H groups in total. The minimum atomic E-state index is -0.654. The number of benzene rings is 3. The number of halogens is 2. The zero-order valence-corrected chi connectivity index (χ0v) is 19.6. The van der Waals surface area contributed by atoms with E-state index in [4.69, 9.17) is 25.8 Å². The second-order valence-electron chi connectivity index (χ2n) is 8.15. The lowest BCUT2D eigenvalue weighted by Crippen LogP contribution is -2.33. The third kappa shape index (κ3) is 3.40. The van der Waals surface area contributed by atoms with Crippen molar-refractivity contribution in [1.29, 1.82) is 0 Å². The van der Waals surface area contributed by atoms with Crippen LogP contribution in [0.1, 0.15) is 28.8 Å². The van der Waals surface area contributed by atoms with E-state index in [1.165, 1.54) is 12.4 Å². The Morgan fingerprint density at radius 3 is 2.69 bits per heavy atom. The van der Waals surface area contributed by atoms with Gasteiger partial charge in [0.2, 0.25) is 5.95 Å². The Morgan fingerprint density at radius 1 is 1.03 bits per heavy atom. The topological polar surface area (TPSA) is 70.4 Å². The van der Waals surface area contributed by atoms with Gasteiger partial charge in [-0.15, -0.1) is 0 Å². The van der Waals surface area contributed by atoms with Crippen LogP contribution in [-0.4, -0.2) is 29.0 Å². The fourth-order valence-corrected chi connectivity index (χ4v) is 4.91. The standard InChI is InChI=1S/C26H20ClFN4O3/c1-33-15-8-10-20(34-2)18(12-15)25-22-23(17-11-14(27)7-9-21(17)35-25)31-26-29-13-30-32(26)24(22)16-5-3-4-6-19(16)28/h3-13,24-25H,1-2H3,(H,29,30,31). The van der Waals surface area contributed by atoms with Gasteiger partial charge in [0.1, 0.15) is 35.4 Å². The number of hydrogen-bond acceptors (Lipinski definition) is 6. The summed E-state index contributed by atoms with van der Waals surface area (Å²) in [5, 5.41) is 8.36. The van der Waals surface area contributed by atoms with Crippen LogP contribution in [-0.2, 0) is 0 Å². The average molecular weight is 491 g/mol. The van der Waals surface area contributed by atoms with Gasteiger partial charge in [0.25, 0.3) is 0 Å². The highest BCUT2D eigenvalue weighted by atomic mass is 35.5. The van der Waals surface area contributed by atoms with Crippen LogP contribution in [0.25, 0.3) is 5.70 Å². The van der Waals surface area contributed by atoms with E-state index in [0.717, 1.165) is 22.4 Å². The minimum absolute atomic E-state index is 0.360. The van der Waals surface area contributed by atoms with Crippen molar-refractivity contribution in [2.24, 2.45) is 0 Å². The number of methoxy groups -OCH3 is 2. The first-order chi connectivity index (χ1) is 17.1. The maximum Gasteiger partial charge on any atom is 0.226 e. The number of anilines is 1. The summed E-state index contributed by atoms with van der Waals surface area (Å²) in [6.45, 7) is 0. The molecule has 9 heteroatoms. The number of rotatable bonds is 4. The van der Waals surface area contributed by atoms with Gasteiger partial charge < -0.3 is 19.5 Å². The molecular formula is C26H20ClFN4O3. The van der Waals surface area contributed by atoms with Gasteiger partial charge in [0.05, 0.1) is 19.9 Å². The highest BCUT2D eigenvalue weighted by Crippen LogP contribution is 2.52. The second kappa shape index (κ2) is 8.32. The zero-order chi connectivity index (χ0) is 24.1. The fourth-order valence-electron chi connectivity index (χ4n) is 4.74. The Hall–Kier alpha value is -4.04. The van der Waals surface area contributed by atoms with E-state index >= 15 is 4.39 Å². The third-order valence-electron chi connectivity index (χ3n) is 6.30. The Kier molecular flexibility index (Phi) is 5.11. The lowest BCUT2D eigenvalue weighted by Gasteiger charge is -2.39. The van der Waals surface area contributed by atoms with Crippen molar-refractivity contribution in [3.05, 3.63) is 100 Å². The molecule has 0 saturated carbocycles. The van der Waals surface area contributed by atoms with Crippen molar-refractivity contribution in [2.45, 2.75) is 12.1 Å². The van der Waals surface area contributed by atoms with E-state index in [1.54, 1.807) is 43.2 Å². The summed E-state index contributed by atoms with van der Waals surface area (Å²) in [7, 11) is 3.20. The quantitative estimate of drug-likeness (QED) is 0.399. The van der Waals surface area contributed by atoms with Crippen molar-refractivity contribution >= 4 is 23.2 Å². The van der Waals surface area contributed by atoms with E-state index < -0.39 is 12.1 Å². The monoisotopic (exact) mass is 490 g/mol. The van der Waals surface area contributed by atoms with E-state index in [9.17, 15) is 0 Å². The molecule has 0 radical (unpaired) electrons. The number of hydrogen-bond donors (Lipinski definition) is 1. The van der Waals surface area contributed by atoms with Gasteiger partial charge >= 0.3 is 0 Å². The maximum absolute atomic E-state index is 15.3. The largest absolute Gasteiger partial charge is 0.497 e. The first-order valence-electron chi connectivity index (χ1n) is 10.9. The number of aromatic nitrogens is 3. The molecule has 7 nitrogen and oxygen atoms in total. The number of ether oxygens (including phenoxy) is 3. The maximum atomic E-state index is 15.3. The molecule has 2 atom stereocenters. The molecule has 1 aromatic heterocycles. The molecule has 4 aromatic rings. The molecule has 176 valence electrons. The normalized spacial score (nSPS) is 18.1. The predicted octanol–water partition coefficient (Wildman–Crippen LogP) is 5.65. The number of nitrogens with one attached hydrogen (secondary N) is 1. The molecule has 0 amide bonds. The van der Waals surface area contributed by atoms with Crippen molar-refractivity contribution < 1.29 is 18.6 Å². The van der Waals surface area contributed by atoms with Gasteiger partial charge in [0.15, 0.2) is 6.10 Å². The molecule has 0 saturated heterocycles. The predicted molar refractivity (Wildman–Crippen MR) is 129 cm³/mol. The van der Waals surface area contributed by atoms with Gasteiger partial charge in [-0.2, -0.15) is 10.1 Å². The van der Waals surface area contributed by atoms with Crippen LogP contribution < -0.4 is 19.5 Å². The molecule has 0 bridgehead atoms. The van der Waals surface area contributed by atoms with Crippen LogP contribution in [0.3, 0.4) is 0 Å². The van der Waals surface area contributed by atoms with Crippen molar-refractivity contribution in [3.8, 4) is 17.2 Å². The van der Waals surface area contributed by atoms with Gasteiger partial charge in [-0.3, -0.25) is 0 Å². The molecule has 0 fully saturated rings. The molecule has 2 aliphatic rings. The lowest BCUT2D eigenvalue weighted by atomic mass is 9.84. The van der Waals surface area contributed by atoms with E-state index in [-0.39, 0.29) is 5.82 Å². The van der Waals surface area contributed by atoms with Gasteiger partial charge in [0, 0.05) is 27.3 Å². The fraction of sp³-hybridized carbons (Fsp3) is 0.154. The summed E-state index contributed by atoms with van der Waals surface area (Å²) in [6, 6.07) is 16.9. The zero-order valence-electron chi connectivity index (χ0n) is 18.8. The summed E-state index contributed by atoms with van der Waals surface area (Å²) < 4.78 is 34.7. The van der Waals surface area contributed by atoms with Gasteiger partial charge in [-0.05, 0) is 42.5 Å². The molecule has 35 heavy (non-hydrogen) atoms. The highest BCUT2D eigenvalue weighted by Gasteiger charge is 2.42. The number of nitrogens with zero attached hydrogens (tertiary/aromatic N) is 3. The molecule has 2 unspecified atom stereocenters. The Balaban J connectivity index is 1.67. The first-order valence-corrected chi connectivity index (χ1v) is 11.3. The lowest BCUT2D eigenvalue weighted by molar-refractivity contribution is 0.216. The van der Waals surface area contributed by atoms with E-state index in [0.29, 0.717) is 33.8 Å². The molecule has 3 aromatic carbocycles.